The lowest BCUT2D eigenvalue weighted by Gasteiger charge is -2.42. The van der Waals surface area contributed by atoms with Crippen LogP contribution in [0.4, 0.5) is 0 Å². The molecule has 1 unspecified atom stereocenters. The van der Waals surface area contributed by atoms with Crippen LogP contribution < -0.4 is 21.7 Å². The molecule has 0 aromatic heterocycles. The minimum atomic E-state index is -1.52. The molecule has 0 aromatic rings. The fourth-order valence-corrected chi connectivity index (χ4v) is 3.18. The Labute approximate surface area is 183 Å². The second-order valence-corrected chi connectivity index (χ2v) is 7.49. The maximum absolute atomic E-state index is 12.4. The number of nitrogens with two attached hydrogens (primary N) is 1. The first-order chi connectivity index (χ1) is 14.9. The van der Waals surface area contributed by atoms with Crippen molar-refractivity contribution in [2.45, 2.75) is 75.7 Å². The zero-order chi connectivity index (χ0) is 24.6. The van der Waals surface area contributed by atoms with Crippen LogP contribution in [0.25, 0.3) is 0 Å². The SMILES string of the molecule is CC(=O)N[C@H]1C(CC(=O)N[C@@H](C)C(=O)N[C@H](CCC(=O)O)C(N)=O)O[C@H](CO)[C@@H](O)[C@@H]1O. The number of nitrogens with one attached hydrogen (secondary N) is 3. The average Bonchev–Trinajstić information content (AvgIpc) is 2.69. The molecule has 1 aliphatic rings. The van der Waals surface area contributed by atoms with Crippen LogP contribution in [0.3, 0.4) is 0 Å². The van der Waals surface area contributed by atoms with E-state index in [1.165, 1.54) is 13.8 Å². The first-order valence-corrected chi connectivity index (χ1v) is 9.87. The van der Waals surface area contributed by atoms with Crippen LogP contribution >= 0.6 is 0 Å². The molecule has 0 spiro atoms. The number of primary amides is 1. The van der Waals surface area contributed by atoms with E-state index >= 15 is 0 Å². The van der Waals surface area contributed by atoms with E-state index in [4.69, 9.17) is 15.6 Å². The van der Waals surface area contributed by atoms with E-state index in [9.17, 15) is 39.3 Å². The Morgan fingerprint density at radius 2 is 1.69 bits per heavy atom. The van der Waals surface area contributed by atoms with Gasteiger partial charge in [0.25, 0.3) is 0 Å². The molecule has 32 heavy (non-hydrogen) atoms. The highest BCUT2D eigenvalue weighted by molar-refractivity contribution is 5.91. The molecule has 14 nitrogen and oxygen atoms in total. The Morgan fingerprint density at radius 3 is 2.19 bits per heavy atom. The molecule has 4 amide bonds. The molecule has 1 fully saturated rings. The van der Waals surface area contributed by atoms with Gasteiger partial charge in [0.15, 0.2) is 0 Å². The summed E-state index contributed by atoms with van der Waals surface area (Å²) < 4.78 is 5.44. The van der Waals surface area contributed by atoms with Crippen LogP contribution in [0, 0.1) is 0 Å². The summed E-state index contributed by atoms with van der Waals surface area (Å²) in [5.74, 6) is -4.19. The number of carbonyl (C=O) groups is 5. The fourth-order valence-electron chi connectivity index (χ4n) is 3.18. The van der Waals surface area contributed by atoms with Crippen LogP contribution in [0.5, 0.6) is 0 Å². The summed E-state index contributed by atoms with van der Waals surface area (Å²) in [6, 6.07) is -3.55. The summed E-state index contributed by atoms with van der Waals surface area (Å²) in [4.78, 5) is 58.2. The van der Waals surface area contributed by atoms with Crippen LogP contribution in [-0.2, 0) is 28.7 Å². The predicted molar refractivity (Wildman–Crippen MR) is 106 cm³/mol. The van der Waals surface area contributed by atoms with Crippen molar-refractivity contribution >= 4 is 29.6 Å². The molecule has 0 bridgehead atoms. The molecule has 9 N–H and O–H groups in total. The molecule has 1 saturated heterocycles. The zero-order valence-corrected chi connectivity index (χ0v) is 17.7. The highest BCUT2D eigenvalue weighted by Gasteiger charge is 2.45. The topological polar surface area (TPSA) is 238 Å². The van der Waals surface area contributed by atoms with Crippen molar-refractivity contribution in [1.82, 2.24) is 16.0 Å². The fraction of sp³-hybridized carbons (Fsp3) is 0.722. The highest BCUT2D eigenvalue weighted by Crippen LogP contribution is 2.23. The Hall–Kier alpha value is -2.81. The zero-order valence-electron chi connectivity index (χ0n) is 17.7. The normalized spacial score (nSPS) is 27.0. The molecular formula is C18H30N4O10. The molecule has 0 saturated carbocycles. The highest BCUT2D eigenvalue weighted by atomic mass is 16.5. The molecule has 182 valence electrons. The van der Waals surface area contributed by atoms with Gasteiger partial charge in [-0.25, -0.2) is 0 Å². The first-order valence-electron chi connectivity index (χ1n) is 9.87. The van der Waals surface area contributed by atoms with Gasteiger partial charge in [0, 0.05) is 13.3 Å². The minimum absolute atomic E-state index is 0.228. The van der Waals surface area contributed by atoms with E-state index in [2.05, 4.69) is 16.0 Å². The maximum Gasteiger partial charge on any atom is 0.303 e. The van der Waals surface area contributed by atoms with Gasteiger partial charge in [0.1, 0.15) is 30.4 Å². The van der Waals surface area contributed by atoms with Crippen molar-refractivity contribution in [2.24, 2.45) is 5.73 Å². The molecule has 0 aromatic carbocycles. The predicted octanol–water partition coefficient (Wildman–Crippen LogP) is -4.30. The molecule has 7 atom stereocenters. The molecular weight excluding hydrogens is 432 g/mol. The van der Waals surface area contributed by atoms with Gasteiger partial charge in [-0.15, -0.1) is 0 Å². The second-order valence-electron chi connectivity index (χ2n) is 7.49. The molecule has 1 rings (SSSR count). The van der Waals surface area contributed by atoms with E-state index in [0.717, 1.165) is 0 Å². The summed E-state index contributed by atoms with van der Waals surface area (Å²) in [5.41, 5.74) is 5.15. The summed E-state index contributed by atoms with van der Waals surface area (Å²) in [7, 11) is 0. The van der Waals surface area contributed by atoms with Crippen LogP contribution in [0.2, 0.25) is 0 Å². The number of carboxylic acid groups (broad SMARTS) is 1. The van der Waals surface area contributed by atoms with Crippen LogP contribution in [0.15, 0.2) is 0 Å². The van der Waals surface area contributed by atoms with Gasteiger partial charge in [0.2, 0.25) is 23.6 Å². The molecule has 1 aliphatic heterocycles. The molecule has 14 heteroatoms. The van der Waals surface area contributed by atoms with Crippen molar-refractivity contribution in [3.8, 4) is 0 Å². The number of amides is 4. The van der Waals surface area contributed by atoms with E-state index in [1.807, 2.05) is 0 Å². The number of aliphatic carboxylic acids is 1. The number of aliphatic hydroxyl groups is 3. The Kier molecular flexibility index (Phi) is 10.5. The Balaban J connectivity index is 2.76. The van der Waals surface area contributed by atoms with Crippen LogP contribution in [-0.4, -0.2) is 99.2 Å². The number of ether oxygens (including phenoxy) is 1. The van der Waals surface area contributed by atoms with Crippen molar-refractivity contribution in [1.29, 1.82) is 0 Å². The standard InChI is InChI=1S/C18H30N4O10/c1-7(18(31)22-9(17(19)30)3-4-13(26)27)20-12(25)5-10-14(21-8(2)24)16(29)15(28)11(6-23)32-10/h7,9-11,14-16,23,28-29H,3-6H2,1-2H3,(H2,19,30)(H,20,25)(H,21,24)(H,22,31)(H,26,27)/t7-,9+,10?,11+,14-,15+,16+/m0/s1. The van der Waals surface area contributed by atoms with Gasteiger partial charge in [-0.2, -0.15) is 0 Å². The quantitative estimate of drug-likeness (QED) is 0.147. The van der Waals surface area contributed by atoms with Crippen molar-refractivity contribution in [3.05, 3.63) is 0 Å². The lowest BCUT2D eigenvalue weighted by molar-refractivity contribution is -0.197. The van der Waals surface area contributed by atoms with Crippen LogP contribution in [0.1, 0.15) is 33.1 Å². The second kappa shape index (κ2) is 12.3. The summed E-state index contributed by atoms with van der Waals surface area (Å²) >= 11 is 0. The van der Waals surface area contributed by atoms with E-state index in [0.29, 0.717) is 0 Å². The first kappa shape index (κ1) is 27.2. The molecule has 0 aliphatic carbocycles. The summed E-state index contributed by atoms with van der Waals surface area (Å²) in [5, 5.41) is 45.2. The van der Waals surface area contributed by atoms with Gasteiger partial charge in [-0.3, -0.25) is 24.0 Å². The van der Waals surface area contributed by atoms with Gasteiger partial charge in [-0.1, -0.05) is 0 Å². The molecule has 1 heterocycles. The number of aliphatic hydroxyl groups excluding tert-OH is 3. The van der Waals surface area contributed by atoms with Gasteiger partial charge < -0.3 is 46.8 Å². The minimum Gasteiger partial charge on any atom is -0.481 e. The average molecular weight is 462 g/mol. The summed E-state index contributed by atoms with van der Waals surface area (Å²) in [6.45, 7) is 1.83. The Morgan fingerprint density at radius 1 is 1.06 bits per heavy atom. The van der Waals surface area contributed by atoms with Gasteiger partial charge in [-0.05, 0) is 13.3 Å². The number of rotatable bonds is 11. The monoisotopic (exact) mass is 462 g/mol. The smallest absolute Gasteiger partial charge is 0.303 e. The third-order valence-electron chi connectivity index (χ3n) is 4.86. The molecule has 0 radical (unpaired) electrons. The number of carbonyl (C=O) groups excluding carboxylic acids is 4. The van der Waals surface area contributed by atoms with Crippen molar-refractivity contribution in [3.63, 3.8) is 0 Å². The van der Waals surface area contributed by atoms with Crippen molar-refractivity contribution in [2.75, 3.05) is 6.61 Å². The third-order valence-corrected chi connectivity index (χ3v) is 4.86. The third kappa shape index (κ3) is 8.03. The maximum atomic E-state index is 12.4. The lowest BCUT2D eigenvalue weighted by Crippen LogP contribution is -2.64. The summed E-state index contributed by atoms with van der Waals surface area (Å²) in [6.07, 6.45) is -6.42. The van der Waals surface area contributed by atoms with E-state index in [1.54, 1.807) is 0 Å². The van der Waals surface area contributed by atoms with E-state index in [-0.39, 0.29) is 6.42 Å². The lowest BCUT2D eigenvalue weighted by atomic mass is 9.91. The number of hydrogen-bond donors (Lipinski definition) is 8. The largest absolute Gasteiger partial charge is 0.481 e. The van der Waals surface area contributed by atoms with Gasteiger partial charge in [0.05, 0.1) is 25.2 Å². The van der Waals surface area contributed by atoms with Crippen molar-refractivity contribution < 1.29 is 49.1 Å². The Bertz CT molecular complexity index is 718. The number of carboxylic acids is 1. The number of hydrogen-bond acceptors (Lipinski definition) is 9. The van der Waals surface area contributed by atoms with Gasteiger partial charge >= 0.3 is 5.97 Å². The van der Waals surface area contributed by atoms with E-state index < -0.39 is 91.6 Å².